The van der Waals surface area contributed by atoms with Crippen molar-refractivity contribution in [2.24, 2.45) is 46.3 Å². The molecule has 1 amide bonds. The molecular formula is C38H51NO7. The van der Waals surface area contributed by atoms with Gasteiger partial charge in [-0.3, -0.25) is 14.4 Å². The van der Waals surface area contributed by atoms with E-state index in [1.165, 1.54) is 0 Å². The van der Waals surface area contributed by atoms with E-state index in [1.807, 2.05) is 18.2 Å². The second kappa shape index (κ2) is 14.0. The molecule has 4 fully saturated rings. The van der Waals surface area contributed by atoms with Crippen molar-refractivity contribution in [3.8, 4) is 0 Å². The Morgan fingerprint density at radius 1 is 0.913 bits per heavy atom. The van der Waals surface area contributed by atoms with Crippen molar-refractivity contribution >= 4 is 23.9 Å². The third-order valence-electron chi connectivity index (χ3n) is 12.7. The molecule has 0 saturated heterocycles. The highest BCUT2D eigenvalue weighted by Gasteiger charge is 2.65. The SMILES string of the molecule is C[C@H](CCC(=O)O)[C@H]1CCC2C3C(C[C@H](O)[C@@]21C)[C@@]1(C)CC[C@@H](O)C[C@H]1C[C@H]3O.O=CNc1ccc(C(=O)c2ccccc2)cc1. The predicted molar refractivity (Wildman–Crippen MR) is 176 cm³/mol. The maximum Gasteiger partial charge on any atom is 0.303 e. The largest absolute Gasteiger partial charge is 0.481 e. The minimum atomic E-state index is -0.748. The van der Waals surface area contributed by atoms with E-state index < -0.39 is 12.1 Å². The molecule has 5 N–H and O–H groups in total. The quantitative estimate of drug-likeness (QED) is 0.179. The van der Waals surface area contributed by atoms with Crippen molar-refractivity contribution in [1.29, 1.82) is 0 Å². The molecule has 0 radical (unpaired) electrons. The number of aliphatic hydroxyl groups excluding tert-OH is 3. The topological polar surface area (TPSA) is 144 Å². The number of carbonyl (C=O) groups excluding carboxylic acids is 2. The number of carboxylic acid groups (broad SMARTS) is 1. The summed E-state index contributed by atoms with van der Waals surface area (Å²) in [7, 11) is 0. The number of benzene rings is 2. The van der Waals surface area contributed by atoms with Crippen LogP contribution in [0.4, 0.5) is 5.69 Å². The molecule has 3 unspecified atom stereocenters. The third kappa shape index (κ3) is 6.54. The van der Waals surface area contributed by atoms with Gasteiger partial charge >= 0.3 is 5.97 Å². The molecule has 8 heteroatoms. The lowest BCUT2D eigenvalue weighted by molar-refractivity contribution is -0.207. The Hall–Kier alpha value is -3.07. The lowest BCUT2D eigenvalue weighted by Gasteiger charge is -2.63. The first-order chi connectivity index (χ1) is 21.9. The summed E-state index contributed by atoms with van der Waals surface area (Å²) >= 11 is 0. The van der Waals surface area contributed by atoms with Gasteiger partial charge in [0.2, 0.25) is 6.41 Å². The normalized spacial score (nSPS) is 36.9. The molecular weight excluding hydrogens is 582 g/mol. The molecule has 0 aliphatic heterocycles. The van der Waals surface area contributed by atoms with E-state index in [-0.39, 0.29) is 47.1 Å². The third-order valence-corrected chi connectivity index (χ3v) is 12.7. The number of nitrogens with one attached hydrogen (secondary N) is 1. The summed E-state index contributed by atoms with van der Waals surface area (Å²) in [6.07, 6.45) is 6.60. The molecule has 4 saturated carbocycles. The van der Waals surface area contributed by atoms with Crippen LogP contribution in [0, 0.1) is 46.3 Å². The van der Waals surface area contributed by atoms with Crippen molar-refractivity contribution < 1.29 is 34.8 Å². The molecule has 0 heterocycles. The molecule has 11 atom stereocenters. The molecule has 0 spiro atoms. The first kappa shape index (κ1) is 34.3. The van der Waals surface area contributed by atoms with Crippen LogP contribution in [0.15, 0.2) is 54.6 Å². The summed E-state index contributed by atoms with van der Waals surface area (Å²) < 4.78 is 0. The number of hydrogen-bond donors (Lipinski definition) is 5. The van der Waals surface area contributed by atoms with Gasteiger partial charge in [0.05, 0.1) is 18.3 Å². The van der Waals surface area contributed by atoms with Gasteiger partial charge in [-0.15, -0.1) is 0 Å². The monoisotopic (exact) mass is 633 g/mol. The van der Waals surface area contributed by atoms with E-state index in [0.29, 0.717) is 53.3 Å². The van der Waals surface area contributed by atoms with Gasteiger partial charge in [0.25, 0.3) is 0 Å². The van der Waals surface area contributed by atoms with Crippen LogP contribution in [-0.4, -0.2) is 56.9 Å². The van der Waals surface area contributed by atoms with Gasteiger partial charge in [-0.1, -0.05) is 51.1 Å². The molecule has 2 aromatic rings. The number of hydrogen-bond acceptors (Lipinski definition) is 6. The number of rotatable bonds is 8. The molecule has 8 nitrogen and oxygen atoms in total. The number of anilines is 1. The van der Waals surface area contributed by atoms with Gasteiger partial charge in [-0.25, -0.2) is 0 Å². The minimum absolute atomic E-state index is 0.0248. The van der Waals surface area contributed by atoms with Gasteiger partial charge in [0.1, 0.15) is 0 Å². The zero-order chi connectivity index (χ0) is 33.2. The van der Waals surface area contributed by atoms with Crippen molar-refractivity contribution in [1.82, 2.24) is 0 Å². The number of aliphatic hydroxyl groups is 3. The zero-order valence-electron chi connectivity index (χ0n) is 27.3. The fourth-order valence-corrected chi connectivity index (χ4v) is 10.2. The first-order valence-electron chi connectivity index (χ1n) is 17.1. The number of ketones is 1. The highest BCUT2D eigenvalue weighted by Crippen LogP contribution is 2.68. The van der Waals surface area contributed by atoms with Crippen LogP contribution in [0.3, 0.4) is 0 Å². The molecule has 0 aromatic heterocycles. The second-order valence-electron chi connectivity index (χ2n) is 15.0. The summed E-state index contributed by atoms with van der Waals surface area (Å²) in [6.45, 7) is 6.72. The maximum atomic E-state index is 12.0. The van der Waals surface area contributed by atoms with E-state index >= 15 is 0 Å². The Kier molecular flexibility index (Phi) is 10.4. The van der Waals surface area contributed by atoms with Gasteiger partial charge in [0.15, 0.2) is 5.78 Å². The Bertz CT molecular complexity index is 1360. The van der Waals surface area contributed by atoms with Crippen LogP contribution >= 0.6 is 0 Å². The second-order valence-corrected chi connectivity index (χ2v) is 15.0. The van der Waals surface area contributed by atoms with Crippen LogP contribution in [0.5, 0.6) is 0 Å². The number of amides is 1. The summed E-state index contributed by atoms with van der Waals surface area (Å²) in [6, 6.07) is 15.9. The zero-order valence-corrected chi connectivity index (χ0v) is 27.3. The van der Waals surface area contributed by atoms with Gasteiger partial charge in [-0.05, 0) is 122 Å². The maximum absolute atomic E-state index is 12.0. The van der Waals surface area contributed by atoms with Crippen molar-refractivity contribution in [2.75, 3.05) is 5.32 Å². The summed E-state index contributed by atoms with van der Waals surface area (Å²) in [5, 5.41) is 44.5. The Morgan fingerprint density at radius 2 is 1.59 bits per heavy atom. The van der Waals surface area contributed by atoms with E-state index in [1.54, 1.807) is 36.4 Å². The average molecular weight is 634 g/mol. The number of carbonyl (C=O) groups is 3. The van der Waals surface area contributed by atoms with E-state index in [9.17, 15) is 29.7 Å². The molecule has 0 bridgehead atoms. The van der Waals surface area contributed by atoms with Crippen molar-refractivity contribution in [3.63, 3.8) is 0 Å². The van der Waals surface area contributed by atoms with Gasteiger partial charge < -0.3 is 25.7 Å². The minimum Gasteiger partial charge on any atom is -0.481 e. The molecule has 4 aliphatic rings. The molecule has 2 aromatic carbocycles. The standard InChI is InChI=1S/C24H40O5.C14H11NO2/c1-13(4-7-21(28)29)16-5-6-17-22-18(12-20(27)24(16,17)3)23(2)9-8-15(25)10-14(23)11-19(22)26;16-10-15-13-8-6-12(7-9-13)14(17)11-4-2-1-3-5-11/h13-20,22,25-27H,4-12H2,1-3H3,(H,28,29);1-10H,(H,15,16)/t13-,14+,15-,16-,17?,18?,19-,20+,22?,23+,24-;/m1./s1. The van der Waals surface area contributed by atoms with Crippen LogP contribution in [0.2, 0.25) is 0 Å². The first-order valence-corrected chi connectivity index (χ1v) is 17.1. The number of aliphatic carboxylic acids is 1. The molecule has 6 rings (SSSR count). The van der Waals surface area contributed by atoms with Gasteiger partial charge in [-0.2, -0.15) is 0 Å². The van der Waals surface area contributed by atoms with E-state index in [4.69, 9.17) is 5.11 Å². The Morgan fingerprint density at radius 3 is 2.24 bits per heavy atom. The summed E-state index contributed by atoms with van der Waals surface area (Å²) in [4.78, 5) is 33.3. The Balaban J connectivity index is 0.000000209. The molecule has 46 heavy (non-hydrogen) atoms. The summed E-state index contributed by atoms with van der Waals surface area (Å²) in [5.74, 6) is 0.973. The molecule has 4 aliphatic carbocycles. The fourth-order valence-electron chi connectivity index (χ4n) is 10.2. The van der Waals surface area contributed by atoms with Crippen molar-refractivity contribution in [3.05, 3.63) is 65.7 Å². The number of fused-ring (bicyclic) bond motifs is 5. The number of carboxylic acids is 1. The highest BCUT2D eigenvalue weighted by atomic mass is 16.4. The lowest BCUT2D eigenvalue weighted by atomic mass is 9.43. The smallest absolute Gasteiger partial charge is 0.303 e. The van der Waals surface area contributed by atoms with Crippen LogP contribution < -0.4 is 5.32 Å². The molecule has 250 valence electrons. The summed E-state index contributed by atoms with van der Waals surface area (Å²) in [5.41, 5.74) is 1.79. The van der Waals surface area contributed by atoms with E-state index in [2.05, 4.69) is 26.1 Å². The lowest BCUT2D eigenvalue weighted by Crippen LogP contribution is -2.62. The van der Waals surface area contributed by atoms with E-state index in [0.717, 1.165) is 44.9 Å². The van der Waals surface area contributed by atoms with Gasteiger partial charge in [0, 0.05) is 23.2 Å². The van der Waals surface area contributed by atoms with Crippen LogP contribution in [-0.2, 0) is 9.59 Å². The van der Waals surface area contributed by atoms with Crippen LogP contribution in [0.25, 0.3) is 0 Å². The fraction of sp³-hybridized carbons (Fsp3) is 0.605. The van der Waals surface area contributed by atoms with Crippen LogP contribution in [0.1, 0.15) is 94.5 Å². The average Bonchev–Trinajstić information content (AvgIpc) is 3.40. The van der Waals surface area contributed by atoms with Crippen molar-refractivity contribution in [2.45, 2.75) is 96.9 Å². The predicted octanol–water partition coefficient (Wildman–Crippen LogP) is 5.93. The highest BCUT2D eigenvalue weighted by molar-refractivity contribution is 6.09. The Labute approximate surface area is 272 Å².